The first-order valence-corrected chi connectivity index (χ1v) is 5.88. The molecule has 3 nitrogen and oxygen atoms in total. The molecule has 0 aromatic heterocycles. The lowest BCUT2D eigenvalue weighted by Gasteiger charge is -1.96. The number of hydrogen-bond donors (Lipinski definition) is 0. The molecule has 0 atom stereocenters. The van der Waals surface area contributed by atoms with Crippen LogP contribution in [0.5, 0.6) is 0 Å². The first-order chi connectivity index (χ1) is 6.41. The van der Waals surface area contributed by atoms with E-state index in [1.54, 1.807) is 30.3 Å². The molecule has 0 saturated carbocycles. The third kappa shape index (κ3) is 4.63. The lowest BCUT2D eigenvalue weighted by molar-refractivity contribution is 0.602. The van der Waals surface area contributed by atoms with Crippen molar-refractivity contribution in [1.29, 1.82) is 5.26 Å². The standard InChI is InChI=1S/C8H10O2S.C2H3N/c1-7-3-5-8(6-4-7)11(2,9)10;1-2-3/h3-6H,1-2H3;1H3. The van der Waals surface area contributed by atoms with Crippen LogP contribution in [0.3, 0.4) is 0 Å². The Balaban J connectivity index is 0.000000500. The Kier molecular flexibility index (Phi) is 4.89. The fourth-order valence-corrected chi connectivity index (χ4v) is 1.42. The molecule has 14 heavy (non-hydrogen) atoms. The Morgan fingerprint density at radius 1 is 1.21 bits per heavy atom. The monoisotopic (exact) mass is 211 g/mol. The normalized spacial score (nSPS) is 9.57. The van der Waals surface area contributed by atoms with Crippen LogP contribution in [0.2, 0.25) is 0 Å². The van der Waals surface area contributed by atoms with Gasteiger partial charge in [-0.2, -0.15) is 5.26 Å². The van der Waals surface area contributed by atoms with Gasteiger partial charge in [-0.05, 0) is 19.1 Å². The van der Waals surface area contributed by atoms with Gasteiger partial charge in [-0.3, -0.25) is 0 Å². The van der Waals surface area contributed by atoms with Crippen molar-refractivity contribution >= 4 is 9.84 Å². The second-order valence-corrected chi connectivity index (χ2v) is 4.82. The van der Waals surface area contributed by atoms with Crippen molar-refractivity contribution < 1.29 is 8.42 Å². The molecule has 1 aromatic rings. The molecule has 1 aromatic carbocycles. The van der Waals surface area contributed by atoms with Gasteiger partial charge in [0.15, 0.2) is 9.84 Å². The first kappa shape index (κ1) is 12.7. The topological polar surface area (TPSA) is 57.9 Å². The maximum absolute atomic E-state index is 10.9. The molecule has 0 fully saturated rings. The van der Waals surface area contributed by atoms with Gasteiger partial charge in [0.25, 0.3) is 0 Å². The second-order valence-electron chi connectivity index (χ2n) is 2.81. The van der Waals surface area contributed by atoms with Crippen LogP contribution in [0, 0.1) is 18.3 Å². The van der Waals surface area contributed by atoms with E-state index in [4.69, 9.17) is 5.26 Å². The summed E-state index contributed by atoms with van der Waals surface area (Å²) in [5.41, 5.74) is 1.07. The fourth-order valence-electron chi connectivity index (χ4n) is 0.785. The van der Waals surface area contributed by atoms with Crippen molar-refractivity contribution in [2.75, 3.05) is 6.26 Å². The summed E-state index contributed by atoms with van der Waals surface area (Å²) in [5.74, 6) is 0. The van der Waals surface area contributed by atoms with Crippen molar-refractivity contribution in [3.8, 4) is 6.07 Å². The Bertz CT molecular complexity index is 412. The number of benzene rings is 1. The first-order valence-electron chi connectivity index (χ1n) is 3.99. The maximum Gasteiger partial charge on any atom is 0.175 e. The van der Waals surface area contributed by atoms with E-state index in [1.807, 2.05) is 6.92 Å². The van der Waals surface area contributed by atoms with E-state index in [2.05, 4.69) is 0 Å². The molecule has 76 valence electrons. The molecule has 0 amide bonds. The summed E-state index contributed by atoms with van der Waals surface area (Å²) in [6, 6.07) is 8.56. The zero-order chi connectivity index (χ0) is 11.2. The van der Waals surface area contributed by atoms with Crippen LogP contribution >= 0.6 is 0 Å². The zero-order valence-electron chi connectivity index (χ0n) is 8.48. The number of sulfone groups is 1. The van der Waals surface area contributed by atoms with Crippen LogP contribution in [-0.2, 0) is 9.84 Å². The molecule has 1 rings (SSSR count). The van der Waals surface area contributed by atoms with Gasteiger partial charge in [-0.25, -0.2) is 8.42 Å². The highest BCUT2D eigenvalue weighted by Gasteiger charge is 2.04. The smallest absolute Gasteiger partial charge is 0.175 e. The highest BCUT2D eigenvalue weighted by atomic mass is 32.2. The minimum absolute atomic E-state index is 0.378. The van der Waals surface area contributed by atoms with Crippen molar-refractivity contribution in [1.82, 2.24) is 0 Å². The maximum atomic E-state index is 10.9. The minimum Gasteiger partial charge on any atom is -0.224 e. The van der Waals surface area contributed by atoms with Crippen LogP contribution in [-0.4, -0.2) is 14.7 Å². The Labute approximate surface area is 84.9 Å². The zero-order valence-corrected chi connectivity index (χ0v) is 9.30. The fraction of sp³-hybridized carbons (Fsp3) is 0.300. The SMILES string of the molecule is CC#N.Cc1ccc(S(C)(=O)=O)cc1. The van der Waals surface area contributed by atoms with E-state index in [0.717, 1.165) is 5.56 Å². The van der Waals surface area contributed by atoms with Crippen molar-refractivity contribution in [2.24, 2.45) is 0 Å². The quantitative estimate of drug-likeness (QED) is 0.713. The Hall–Kier alpha value is -1.34. The number of nitriles is 1. The molecule has 0 unspecified atom stereocenters. The van der Waals surface area contributed by atoms with Crippen molar-refractivity contribution in [3.05, 3.63) is 29.8 Å². The van der Waals surface area contributed by atoms with Gasteiger partial charge in [-0.15, -0.1) is 0 Å². The molecule has 0 heterocycles. The average Bonchev–Trinajstić information content (AvgIpc) is 2.04. The third-order valence-electron chi connectivity index (χ3n) is 1.45. The van der Waals surface area contributed by atoms with E-state index < -0.39 is 9.84 Å². The molecule has 0 bridgehead atoms. The van der Waals surface area contributed by atoms with E-state index >= 15 is 0 Å². The highest BCUT2D eigenvalue weighted by molar-refractivity contribution is 7.90. The van der Waals surface area contributed by atoms with Gasteiger partial charge in [0.1, 0.15) is 0 Å². The number of aryl methyl sites for hydroxylation is 1. The molecule has 0 aliphatic heterocycles. The van der Waals surface area contributed by atoms with Gasteiger partial charge in [0.05, 0.1) is 11.0 Å². The van der Waals surface area contributed by atoms with Crippen LogP contribution in [0.4, 0.5) is 0 Å². The summed E-state index contributed by atoms with van der Waals surface area (Å²) in [6.07, 6.45) is 1.21. The van der Waals surface area contributed by atoms with E-state index in [-0.39, 0.29) is 0 Å². The summed E-state index contributed by atoms with van der Waals surface area (Å²) in [6.45, 7) is 3.35. The van der Waals surface area contributed by atoms with E-state index in [0.29, 0.717) is 4.90 Å². The predicted molar refractivity (Wildman–Crippen MR) is 55.6 cm³/mol. The predicted octanol–water partition coefficient (Wildman–Crippen LogP) is 1.93. The molecule has 4 heteroatoms. The summed E-state index contributed by atoms with van der Waals surface area (Å²) in [7, 11) is -3.02. The van der Waals surface area contributed by atoms with Gasteiger partial charge in [-0.1, -0.05) is 17.7 Å². The molecular weight excluding hydrogens is 198 g/mol. The van der Waals surface area contributed by atoms with Crippen LogP contribution < -0.4 is 0 Å². The van der Waals surface area contributed by atoms with Gasteiger partial charge in [0, 0.05) is 13.2 Å². The molecule has 0 radical (unpaired) electrons. The van der Waals surface area contributed by atoms with E-state index in [1.165, 1.54) is 13.2 Å². The van der Waals surface area contributed by atoms with Crippen LogP contribution in [0.15, 0.2) is 29.2 Å². The Morgan fingerprint density at radius 2 is 1.57 bits per heavy atom. The second kappa shape index (κ2) is 5.40. The van der Waals surface area contributed by atoms with Gasteiger partial charge < -0.3 is 0 Å². The van der Waals surface area contributed by atoms with Crippen molar-refractivity contribution in [2.45, 2.75) is 18.7 Å². The largest absolute Gasteiger partial charge is 0.224 e. The molecular formula is C10H13NO2S. The van der Waals surface area contributed by atoms with Gasteiger partial charge >= 0.3 is 0 Å². The average molecular weight is 211 g/mol. The summed E-state index contributed by atoms with van der Waals surface area (Å²) in [5, 5.41) is 7.32. The molecule has 0 N–H and O–H groups in total. The third-order valence-corrected chi connectivity index (χ3v) is 2.58. The Morgan fingerprint density at radius 3 is 1.86 bits per heavy atom. The molecule has 0 aliphatic carbocycles. The number of hydrogen-bond acceptors (Lipinski definition) is 3. The summed E-state index contributed by atoms with van der Waals surface area (Å²) < 4.78 is 21.9. The van der Waals surface area contributed by atoms with E-state index in [9.17, 15) is 8.42 Å². The number of rotatable bonds is 1. The van der Waals surface area contributed by atoms with Crippen LogP contribution in [0.25, 0.3) is 0 Å². The molecule has 0 saturated heterocycles. The minimum atomic E-state index is -3.02. The van der Waals surface area contributed by atoms with Crippen LogP contribution in [0.1, 0.15) is 12.5 Å². The summed E-state index contributed by atoms with van der Waals surface area (Å²) >= 11 is 0. The van der Waals surface area contributed by atoms with Gasteiger partial charge in [0.2, 0.25) is 0 Å². The highest BCUT2D eigenvalue weighted by Crippen LogP contribution is 2.08. The van der Waals surface area contributed by atoms with Crippen molar-refractivity contribution in [3.63, 3.8) is 0 Å². The lowest BCUT2D eigenvalue weighted by atomic mass is 10.2. The molecule has 0 spiro atoms. The lowest BCUT2D eigenvalue weighted by Crippen LogP contribution is -1.95. The number of nitrogens with zero attached hydrogens (tertiary/aromatic N) is 1. The molecule has 0 aliphatic rings. The summed E-state index contributed by atoms with van der Waals surface area (Å²) in [4.78, 5) is 0.378.